The number of oxime groups is 1. The fourth-order valence-corrected chi connectivity index (χ4v) is 4.06. The van der Waals surface area contributed by atoms with Crippen molar-refractivity contribution in [2.24, 2.45) is 5.16 Å². The average Bonchev–Trinajstić information content (AvgIpc) is 3.59. The van der Waals surface area contributed by atoms with Gasteiger partial charge >= 0.3 is 0 Å². The maximum absolute atomic E-state index is 12.6. The molecule has 0 radical (unpaired) electrons. The summed E-state index contributed by atoms with van der Waals surface area (Å²) < 4.78 is 16.4. The van der Waals surface area contributed by atoms with Gasteiger partial charge in [-0.25, -0.2) is 0 Å². The summed E-state index contributed by atoms with van der Waals surface area (Å²) in [7, 11) is 0. The van der Waals surface area contributed by atoms with E-state index in [9.17, 15) is 4.79 Å². The standard InChI is InChI=1S/C25H24N2O5/c28-25(26-11-10-20(21-7-4-12-29-21)18-5-2-1-3-6-18)24-15-19(27-32-24)13-17-8-9-22-23(14-17)31-16-30-22/h1-9,12,14,20,24H,10-11,13,15-16H2,(H,26,28). The van der Waals surface area contributed by atoms with E-state index >= 15 is 0 Å². The molecule has 2 aromatic carbocycles. The maximum Gasteiger partial charge on any atom is 0.264 e. The number of nitrogens with zero attached hydrogens (tertiary/aromatic N) is 1. The molecule has 2 aliphatic rings. The number of fused-ring (bicyclic) bond motifs is 1. The zero-order valence-corrected chi connectivity index (χ0v) is 17.5. The topological polar surface area (TPSA) is 82.3 Å². The van der Waals surface area contributed by atoms with Gasteiger partial charge in [-0.15, -0.1) is 0 Å². The van der Waals surface area contributed by atoms with E-state index in [1.165, 1.54) is 0 Å². The largest absolute Gasteiger partial charge is 0.469 e. The summed E-state index contributed by atoms with van der Waals surface area (Å²) in [6, 6.07) is 19.8. The molecular formula is C25H24N2O5. The monoisotopic (exact) mass is 432 g/mol. The van der Waals surface area contributed by atoms with E-state index in [-0.39, 0.29) is 18.6 Å². The Labute approximate surface area is 186 Å². The van der Waals surface area contributed by atoms with Crippen LogP contribution in [0.5, 0.6) is 11.5 Å². The van der Waals surface area contributed by atoms with Gasteiger partial charge in [0.05, 0.1) is 12.0 Å². The summed E-state index contributed by atoms with van der Waals surface area (Å²) >= 11 is 0. The zero-order valence-electron chi connectivity index (χ0n) is 17.5. The Morgan fingerprint density at radius 3 is 2.78 bits per heavy atom. The number of nitrogens with one attached hydrogen (secondary N) is 1. The summed E-state index contributed by atoms with van der Waals surface area (Å²) in [6.07, 6.45) is 2.88. The van der Waals surface area contributed by atoms with Gasteiger partial charge in [0, 0.05) is 25.3 Å². The second kappa shape index (κ2) is 9.18. The van der Waals surface area contributed by atoms with Gasteiger partial charge in [-0.3, -0.25) is 4.79 Å². The van der Waals surface area contributed by atoms with Crippen LogP contribution in [0.1, 0.15) is 35.6 Å². The van der Waals surface area contributed by atoms with E-state index < -0.39 is 6.10 Å². The van der Waals surface area contributed by atoms with Crippen LogP contribution >= 0.6 is 0 Å². The summed E-state index contributed by atoms with van der Waals surface area (Å²) in [5.74, 6) is 2.30. The first-order valence-corrected chi connectivity index (χ1v) is 10.7. The summed E-state index contributed by atoms with van der Waals surface area (Å²) in [5, 5.41) is 7.12. The molecule has 164 valence electrons. The lowest BCUT2D eigenvalue weighted by molar-refractivity contribution is -0.131. The SMILES string of the molecule is O=C(NCCC(c1ccccc1)c1ccco1)C1CC(Cc2ccc3c(c2)OCO3)=NO1. The van der Waals surface area contributed by atoms with Crippen LogP contribution in [0.2, 0.25) is 0 Å². The second-order valence-electron chi connectivity index (χ2n) is 7.88. The molecule has 7 heteroatoms. The molecular weight excluding hydrogens is 408 g/mol. The molecule has 1 aromatic heterocycles. The van der Waals surface area contributed by atoms with Gasteiger partial charge in [-0.2, -0.15) is 0 Å². The highest BCUT2D eigenvalue weighted by atomic mass is 16.7. The van der Waals surface area contributed by atoms with Crippen molar-refractivity contribution in [1.82, 2.24) is 5.32 Å². The molecule has 3 aromatic rings. The van der Waals surface area contributed by atoms with Gasteiger partial charge in [-0.05, 0) is 41.8 Å². The molecule has 0 aliphatic carbocycles. The predicted octanol–water partition coefficient (Wildman–Crippen LogP) is 4.03. The number of hydrogen-bond acceptors (Lipinski definition) is 6. The lowest BCUT2D eigenvalue weighted by Crippen LogP contribution is -2.35. The number of carbonyl (C=O) groups excluding carboxylic acids is 1. The van der Waals surface area contributed by atoms with Crippen molar-refractivity contribution in [3.63, 3.8) is 0 Å². The summed E-state index contributed by atoms with van der Waals surface area (Å²) in [5.41, 5.74) is 3.03. The van der Waals surface area contributed by atoms with Gasteiger partial charge in [-0.1, -0.05) is 41.6 Å². The van der Waals surface area contributed by atoms with Crippen LogP contribution in [0.15, 0.2) is 76.5 Å². The molecule has 2 aliphatic heterocycles. The normalized spacial score (nSPS) is 17.5. The number of benzene rings is 2. The van der Waals surface area contributed by atoms with Crippen LogP contribution in [0.4, 0.5) is 0 Å². The lowest BCUT2D eigenvalue weighted by Gasteiger charge is -2.16. The summed E-state index contributed by atoms with van der Waals surface area (Å²) in [4.78, 5) is 18.0. The van der Waals surface area contributed by atoms with Crippen molar-refractivity contribution >= 4 is 11.6 Å². The van der Waals surface area contributed by atoms with Crippen LogP contribution in [0, 0.1) is 0 Å². The molecule has 0 saturated carbocycles. The minimum Gasteiger partial charge on any atom is -0.469 e. The highest BCUT2D eigenvalue weighted by Gasteiger charge is 2.28. The molecule has 7 nitrogen and oxygen atoms in total. The minimum atomic E-state index is -0.599. The molecule has 32 heavy (non-hydrogen) atoms. The fraction of sp³-hybridized carbons (Fsp3) is 0.280. The van der Waals surface area contributed by atoms with Crippen molar-refractivity contribution in [2.75, 3.05) is 13.3 Å². The molecule has 0 bridgehead atoms. The molecule has 0 saturated heterocycles. The molecule has 3 heterocycles. The fourth-order valence-electron chi connectivity index (χ4n) is 4.06. The van der Waals surface area contributed by atoms with E-state index in [4.69, 9.17) is 18.7 Å². The number of carbonyl (C=O) groups is 1. The Balaban J connectivity index is 1.12. The van der Waals surface area contributed by atoms with E-state index in [0.717, 1.165) is 40.5 Å². The van der Waals surface area contributed by atoms with Crippen molar-refractivity contribution in [3.8, 4) is 11.5 Å². The van der Waals surface area contributed by atoms with Crippen LogP contribution < -0.4 is 14.8 Å². The Morgan fingerprint density at radius 1 is 1.06 bits per heavy atom. The van der Waals surface area contributed by atoms with Crippen LogP contribution in [-0.2, 0) is 16.1 Å². The average molecular weight is 432 g/mol. The number of amides is 1. The second-order valence-corrected chi connectivity index (χ2v) is 7.88. The number of furan rings is 1. The molecule has 1 amide bonds. The molecule has 0 spiro atoms. The van der Waals surface area contributed by atoms with Crippen LogP contribution in [0.3, 0.4) is 0 Å². The van der Waals surface area contributed by atoms with Crippen molar-refractivity contribution in [1.29, 1.82) is 0 Å². The third-order valence-corrected chi connectivity index (χ3v) is 5.69. The molecule has 5 rings (SSSR count). The highest BCUT2D eigenvalue weighted by molar-refractivity contribution is 5.94. The maximum atomic E-state index is 12.6. The lowest BCUT2D eigenvalue weighted by atomic mass is 9.93. The molecule has 2 unspecified atom stereocenters. The van der Waals surface area contributed by atoms with E-state index in [1.807, 2.05) is 48.5 Å². The van der Waals surface area contributed by atoms with Crippen LogP contribution in [-0.4, -0.2) is 31.1 Å². The van der Waals surface area contributed by atoms with E-state index in [1.54, 1.807) is 6.26 Å². The number of ether oxygens (including phenoxy) is 2. The first kappa shape index (κ1) is 20.2. The van der Waals surface area contributed by atoms with Gasteiger partial charge in [0.25, 0.3) is 5.91 Å². The predicted molar refractivity (Wildman–Crippen MR) is 118 cm³/mol. The Morgan fingerprint density at radius 2 is 1.94 bits per heavy atom. The van der Waals surface area contributed by atoms with Crippen molar-refractivity contribution < 1.29 is 23.5 Å². The van der Waals surface area contributed by atoms with Gasteiger partial charge in [0.1, 0.15) is 5.76 Å². The van der Waals surface area contributed by atoms with Gasteiger partial charge in [0.2, 0.25) is 12.9 Å². The Bertz CT molecular complexity index is 1090. The molecule has 2 atom stereocenters. The summed E-state index contributed by atoms with van der Waals surface area (Å²) in [6.45, 7) is 0.757. The molecule has 1 N–H and O–H groups in total. The molecule has 0 fully saturated rings. The van der Waals surface area contributed by atoms with E-state index in [0.29, 0.717) is 19.4 Å². The third kappa shape index (κ3) is 4.46. The van der Waals surface area contributed by atoms with Gasteiger partial charge < -0.3 is 24.0 Å². The van der Waals surface area contributed by atoms with Crippen LogP contribution in [0.25, 0.3) is 0 Å². The quantitative estimate of drug-likeness (QED) is 0.581. The first-order chi connectivity index (χ1) is 15.8. The van der Waals surface area contributed by atoms with Gasteiger partial charge in [0.15, 0.2) is 11.5 Å². The Hall–Kier alpha value is -3.74. The third-order valence-electron chi connectivity index (χ3n) is 5.69. The minimum absolute atomic E-state index is 0.0776. The number of hydrogen-bond donors (Lipinski definition) is 1. The zero-order chi connectivity index (χ0) is 21.8. The highest BCUT2D eigenvalue weighted by Crippen LogP contribution is 2.33. The smallest absolute Gasteiger partial charge is 0.264 e. The van der Waals surface area contributed by atoms with Crippen molar-refractivity contribution in [2.45, 2.75) is 31.3 Å². The van der Waals surface area contributed by atoms with E-state index in [2.05, 4.69) is 22.6 Å². The number of rotatable bonds is 8. The van der Waals surface area contributed by atoms with Crippen molar-refractivity contribution in [3.05, 3.63) is 83.8 Å². The Kier molecular flexibility index (Phi) is 5.79. The first-order valence-electron chi connectivity index (χ1n) is 10.7.